The highest BCUT2D eigenvalue weighted by Gasteiger charge is 2.37. The molecule has 0 aliphatic heterocycles. The molecule has 11 aromatic rings. The molecule has 0 radical (unpaired) electrons. The third-order valence-corrected chi connectivity index (χ3v) is 14.1. The third-order valence-electron chi connectivity index (χ3n) is 14.1. The van der Waals surface area contributed by atoms with Gasteiger partial charge in [0.15, 0.2) is 0 Å². The molecule has 0 saturated heterocycles. The molecule has 0 fully saturated rings. The van der Waals surface area contributed by atoms with Gasteiger partial charge in [0.25, 0.3) is 0 Å². The van der Waals surface area contributed by atoms with Crippen LogP contribution in [0.4, 0.5) is 17.1 Å². The number of hydrogen-bond acceptors (Lipinski definition) is 1. The molecule has 1 aliphatic rings. The molecule has 322 valence electrons. The van der Waals surface area contributed by atoms with Crippen LogP contribution in [0.25, 0.3) is 88.7 Å². The van der Waals surface area contributed by atoms with E-state index in [1.807, 2.05) is 0 Å². The van der Waals surface area contributed by atoms with Gasteiger partial charge < -0.3 is 4.90 Å². The van der Waals surface area contributed by atoms with Gasteiger partial charge in [0.05, 0.1) is 0 Å². The number of benzene rings is 11. The summed E-state index contributed by atoms with van der Waals surface area (Å²) in [5.74, 6) is 0. The molecule has 0 atom stereocenters. The molecule has 0 amide bonds. The van der Waals surface area contributed by atoms with E-state index in [2.05, 4.69) is 280 Å². The molecule has 12 rings (SSSR count). The Morgan fingerprint density at radius 1 is 0.250 bits per heavy atom. The van der Waals surface area contributed by atoms with Gasteiger partial charge >= 0.3 is 0 Å². The monoisotopic (exact) mass is 867 g/mol. The van der Waals surface area contributed by atoms with Crippen molar-refractivity contribution in [2.75, 3.05) is 4.90 Å². The van der Waals surface area contributed by atoms with Gasteiger partial charge in [-0.1, -0.05) is 226 Å². The summed E-state index contributed by atoms with van der Waals surface area (Å²) in [4.78, 5) is 2.38. The van der Waals surface area contributed by atoms with Gasteiger partial charge in [-0.2, -0.15) is 0 Å². The van der Waals surface area contributed by atoms with Crippen molar-refractivity contribution in [3.05, 3.63) is 272 Å². The van der Waals surface area contributed by atoms with Crippen molar-refractivity contribution in [1.82, 2.24) is 0 Å². The van der Waals surface area contributed by atoms with Gasteiger partial charge in [-0.05, 0) is 148 Å². The first-order chi connectivity index (χ1) is 33.5. The van der Waals surface area contributed by atoms with Crippen molar-refractivity contribution in [2.45, 2.75) is 19.3 Å². The second-order valence-electron chi connectivity index (χ2n) is 18.5. The van der Waals surface area contributed by atoms with Crippen molar-refractivity contribution >= 4 is 27.8 Å². The van der Waals surface area contributed by atoms with E-state index >= 15 is 0 Å². The highest BCUT2D eigenvalue weighted by Crippen LogP contribution is 2.52. The van der Waals surface area contributed by atoms with Crippen LogP contribution in [0.3, 0.4) is 0 Å². The Morgan fingerprint density at radius 3 is 1.26 bits per heavy atom. The maximum atomic E-state index is 2.38. The Bertz CT molecular complexity index is 3600. The average Bonchev–Trinajstić information content (AvgIpc) is 3.65. The zero-order valence-electron chi connectivity index (χ0n) is 38.3. The molecule has 0 bridgehead atoms. The number of hydrogen-bond donors (Lipinski definition) is 0. The molecular weight excluding hydrogens is 819 g/mol. The van der Waals surface area contributed by atoms with E-state index in [1.165, 1.54) is 99.8 Å². The lowest BCUT2D eigenvalue weighted by molar-refractivity contribution is 0.662. The summed E-state index contributed by atoms with van der Waals surface area (Å²) in [6.07, 6.45) is 0. The summed E-state index contributed by atoms with van der Waals surface area (Å²) in [6, 6.07) is 95.4. The Hall–Kier alpha value is -8.52. The molecule has 0 unspecified atom stereocenters. The summed E-state index contributed by atoms with van der Waals surface area (Å²) in [5, 5.41) is 2.52. The largest absolute Gasteiger partial charge is 0.311 e. The molecule has 0 spiro atoms. The van der Waals surface area contributed by atoms with Crippen molar-refractivity contribution in [2.24, 2.45) is 0 Å². The minimum atomic E-state index is -0.0975. The van der Waals surface area contributed by atoms with Crippen LogP contribution in [-0.4, -0.2) is 0 Å². The number of nitrogens with zero attached hydrogens (tertiary/aromatic N) is 1. The fraction of sp³-hybridized carbons (Fsp3) is 0.0448. The second kappa shape index (κ2) is 17.0. The minimum Gasteiger partial charge on any atom is -0.311 e. The van der Waals surface area contributed by atoms with E-state index in [4.69, 9.17) is 0 Å². The highest BCUT2D eigenvalue weighted by atomic mass is 15.1. The van der Waals surface area contributed by atoms with E-state index in [-0.39, 0.29) is 5.41 Å². The van der Waals surface area contributed by atoms with Crippen LogP contribution in [0.5, 0.6) is 0 Å². The molecule has 1 aliphatic carbocycles. The molecule has 68 heavy (non-hydrogen) atoms. The molecule has 0 saturated carbocycles. The van der Waals surface area contributed by atoms with E-state index < -0.39 is 0 Å². The summed E-state index contributed by atoms with van der Waals surface area (Å²) in [6.45, 7) is 4.73. The molecular formula is C67H49N. The molecule has 0 aromatic heterocycles. The lowest BCUT2D eigenvalue weighted by atomic mass is 9.79. The van der Waals surface area contributed by atoms with Crippen LogP contribution in [0.15, 0.2) is 261 Å². The quantitative estimate of drug-likeness (QED) is 0.140. The SMILES string of the molecule is CC1(C)c2ccccc2-c2cccc(-c3ccc(N(c4ccc(-c5ccc(-c6cccc(-c7ccc8ccccc8c7)c6)cc5)cc4)c4ccc(-c5ccccc5-c5ccccc5)cc4)cc3)c21. The van der Waals surface area contributed by atoms with Gasteiger partial charge in [0.1, 0.15) is 0 Å². The van der Waals surface area contributed by atoms with Gasteiger partial charge in [-0.15, -0.1) is 0 Å². The lowest BCUT2D eigenvalue weighted by Gasteiger charge is -2.27. The second-order valence-corrected chi connectivity index (χ2v) is 18.5. The average molecular weight is 868 g/mol. The van der Waals surface area contributed by atoms with Gasteiger partial charge in [0.2, 0.25) is 0 Å². The van der Waals surface area contributed by atoms with E-state index in [0.29, 0.717) is 0 Å². The van der Waals surface area contributed by atoms with Gasteiger partial charge in [-0.3, -0.25) is 0 Å². The van der Waals surface area contributed by atoms with Crippen LogP contribution in [-0.2, 0) is 5.41 Å². The Balaban J connectivity index is 0.872. The molecule has 11 aromatic carbocycles. The summed E-state index contributed by atoms with van der Waals surface area (Å²) in [5.41, 5.74) is 23.2. The number of rotatable bonds is 9. The predicted molar refractivity (Wildman–Crippen MR) is 289 cm³/mol. The van der Waals surface area contributed by atoms with Crippen LogP contribution < -0.4 is 4.90 Å². The minimum absolute atomic E-state index is 0.0975. The van der Waals surface area contributed by atoms with Crippen molar-refractivity contribution in [1.29, 1.82) is 0 Å². The summed E-state index contributed by atoms with van der Waals surface area (Å²) >= 11 is 0. The Morgan fingerprint density at radius 2 is 0.632 bits per heavy atom. The zero-order chi connectivity index (χ0) is 45.6. The van der Waals surface area contributed by atoms with Gasteiger partial charge in [-0.25, -0.2) is 0 Å². The van der Waals surface area contributed by atoms with Crippen LogP contribution in [0, 0.1) is 0 Å². The maximum Gasteiger partial charge on any atom is 0.0462 e. The molecule has 1 nitrogen and oxygen atoms in total. The normalized spacial score (nSPS) is 12.4. The fourth-order valence-corrected chi connectivity index (χ4v) is 10.6. The number of anilines is 3. The van der Waals surface area contributed by atoms with Gasteiger partial charge in [0, 0.05) is 22.5 Å². The molecule has 1 heteroatoms. The lowest BCUT2D eigenvalue weighted by Crippen LogP contribution is -2.16. The highest BCUT2D eigenvalue weighted by molar-refractivity contribution is 5.91. The maximum absolute atomic E-state index is 2.38. The third kappa shape index (κ3) is 7.39. The number of fused-ring (bicyclic) bond motifs is 4. The van der Waals surface area contributed by atoms with Crippen molar-refractivity contribution in [3.63, 3.8) is 0 Å². The van der Waals surface area contributed by atoms with E-state index in [9.17, 15) is 0 Å². The van der Waals surface area contributed by atoms with Crippen LogP contribution >= 0.6 is 0 Å². The first-order valence-electron chi connectivity index (χ1n) is 23.7. The molecule has 0 heterocycles. The Labute approximate surface area is 399 Å². The molecule has 0 N–H and O–H groups in total. The summed E-state index contributed by atoms with van der Waals surface area (Å²) < 4.78 is 0. The standard InChI is InChI=1S/C67H49N/c1-67(2)65-25-11-10-22-63(65)64-24-13-23-62(66(64)67)52-36-42-59(43-37-52)68(58-40-34-51(35-41-58)61-21-9-8-20-60(61)50-15-4-3-5-16-50)57-38-32-48(33-39-57)47-26-28-49(29-27-47)54-18-12-19-55(44-54)56-31-30-46-14-6-7-17-53(46)45-56/h3-45H,1-2H3. The summed E-state index contributed by atoms with van der Waals surface area (Å²) in [7, 11) is 0. The van der Waals surface area contributed by atoms with Crippen molar-refractivity contribution in [3.8, 4) is 77.9 Å². The first-order valence-corrected chi connectivity index (χ1v) is 23.7. The smallest absolute Gasteiger partial charge is 0.0462 e. The topological polar surface area (TPSA) is 3.24 Å². The first kappa shape index (κ1) is 40.9. The Kier molecular flexibility index (Phi) is 10.3. The van der Waals surface area contributed by atoms with E-state index in [0.717, 1.165) is 17.1 Å². The zero-order valence-corrected chi connectivity index (χ0v) is 38.3. The van der Waals surface area contributed by atoms with Crippen LogP contribution in [0.1, 0.15) is 25.0 Å². The van der Waals surface area contributed by atoms with Crippen molar-refractivity contribution < 1.29 is 0 Å². The fourth-order valence-electron chi connectivity index (χ4n) is 10.6. The predicted octanol–water partition coefficient (Wildman–Crippen LogP) is 18.6. The van der Waals surface area contributed by atoms with E-state index in [1.54, 1.807) is 0 Å². The van der Waals surface area contributed by atoms with Crippen LogP contribution in [0.2, 0.25) is 0 Å².